The standard InChI is InChI=1S/C12H13F2NO/c13-9-2-1-3-10-8(9)6-12(15-10)4-5-16-7-11(12)14/h1-3,11,15H,4-7H2. The lowest BCUT2D eigenvalue weighted by atomic mass is 9.85. The SMILES string of the molecule is Fc1cccc2c1CC1(CCOCC1F)N2. The van der Waals surface area contributed by atoms with Gasteiger partial charge in [-0.05, 0) is 18.6 Å². The van der Waals surface area contributed by atoms with Gasteiger partial charge in [-0.2, -0.15) is 0 Å². The van der Waals surface area contributed by atoms with E-state index in [9.17, 15) is 8.78 Å². The maximum Gasteiger partial charge on any atom is 0.147 e. The van der Waals surface area contributed by atoms with E-state index in [4.69, 9.17) is 4.74 Å². The number of hydrogen-bond donors (Lipinski definition) is 1. The van der Waals surface area contributed by atoms with E-state index in [0.717, 1.165) is 5.69 Å². The van der Waals surface area contributed by atoms with Crippen LogP contribution >= 0.6 is 0 Å². The molecule has 2 heterocycles. The minimum absolute atomic E-state index is 0.0998. The molecule has 2 aliphatic heterocycles. The van der Waals surface area contributed by atoms with Crippen molar-refractivity contribution < 1.29 is 13.5 Å². The van der Waals surface area contributed by atoms with Crippen LogP contribution in [0, 0.1) is 5.82 Å². The van der Waals surface area contributed by atoms with Crippen molar-refractivity contribution in [1.29, 1.82) is 0 Å². The summed E-state index contributed by atoms with van der Waals surface area (Å²) in [6.07, 6.45) is -0.0741. The van der Waals surface area contributed by atoms with Crippen molar-refractivity contribution in [3.63, 3.8) is 0 Å². The van der Waals surface area contributed by atoms with Crippen LogP contribution in [0.5, 0.6) is 0 Å². The highest BCUT2D eigenvalue weighted by Crippen LogP contribution is 2.40. The van der Waals surface area contributed by atoms with E-state index in [1.165, 1.54) is 6.07 Å². The van der Waals surface area contributed by atoms with Crippen LogP contribution in [0.3, 0.4) is 0 Å². The third-order valence-corrected chi connectivity index (χ3v) is 3.55. The number of alkyl halides is 1. The summed E-state index contributed by atoms with van der Waals surface area (Å²) in [6, 6.07) is 4.87. The van der Waals surface area contributed by atoms with Crippen LogP contribution < -0.4 is 5.32 Å². The number of fused-ring (bicyclic) bond motifs is 1. The normalized spacial score (nSPS) is 32.5. The van der Waals surface area contributed by atoms with Crippen molar-refractivity contribution in [1.82, 2.24) is 0 Å². The van der Waals surface area contributed by atoms with E-state index in [1.807, 2.05) is 0 Å². The molecule has 2 aliphatic rings. The number of nitrogens with one attached hydrogen (secondary N) is 1. The van der Waals surface area contributed by atoms with Crippen molar-refractivity contribution in [2.24, 2.45) is 0 Å². The van der Waals surface area contributed by atoms with E-state index in [-0.39, 0.29) is 12.4 Å². The summed E-state index contributed by atoms with van der Waals surface area (Å²) in [5, 5.41) is 3.15. The lowest BCUT2D eigenvalue weighted by molar-refractivity contribution is -0.00558. The van der Waals surface area contributed by atoms with Crippen molar-refractivity contribution in [2.75, 3.05) is 18.5 Å². The quantitative estimate of drug-likeness (QED) is 0.731. The fourth-order valence-corrected chi connectivity index (χ4v) is 2.58. The van der Waals surface area contributed by atoms with E-state index < -0.39 is 11.7 Å². The van der Waals surface area contributed by atoms with Crippen molar-refractivity contribution in [3.8, 4) is 0 Å². The molecule has 4 heteroatoms. The Morgan fingerprint density at radius 1 is 1.44 bits per heavy atom. The Morgan fingerprint density at radius 2 is 2.31 bits per heavy atom. The molecule has 0 radical (unpaired) electrons. The molecule has 16 heavy (non-hydrogen) atoms. The molecule has 2 atom stereocenters. The van der Waals surface area contributed by atoms with Gasteiger partial charge in [0.1, 0.15) is 12.0 Å². The topological polar surface area (TPSA) is 21.3 Å². The summed E-state index contributed by atoms with van der Waals surface area (Å²) in [5.41, 5.74) is 0.680. The lowest BCUT2D eigenvalue weighted by Gasteiger charge is -2.37. The van der Waals surface area contributed by atoms with Crippen LogP contribution in [0.25, 0.3) is 0 Å². The van der Waals surface area contributed by atoms with Crippen LogP contribution in [0.4, 0.5) is 14.5 Å². The second-order valence-electron chi connectivity index (χ2n) is 4.52. The Kier molecular flexibility index (Phi) is 2.14. The minimum Gasteiger partial charge on any atom is -0.378 e. The Labute approximate surface area is 92.6 Å². The van der Waals surface area contributed by atoms with Gasteiger partial charge in [0.25, 0.3) is 0 Å². The number of ether oxygens (including phenoxy) is 1. The van der Waals surface area contributed by atoms with Crippen LogP contribution in [-0.2, 0) is 11.2 Å². The molecule has 3 rings (SSSR count). The van der Waals surface area contributed by atoms with Gasteiger partial charge in [-0.3, -0.25) is 0 Å². The number of anilines is 1. The molecule has 0 saturated carbocycles. The number of halogens is 2. The third-order valence-electron chi connectivity index (χ3n) is 3.55. The molecule has 1 fully saturated rings. The first-order chi connectivity index (χ1) is 7.71. The van der Waals surface area contributed by atoms with Crippen LogP contribution in [0.2, 0.25) is 0 Å². The van der Waals surface area contributed by atoms with Gasteiger partial charge in [0.05, 0.1) is 12.1 Å². The largest absolute Gasteiger partial charge is 0.378 e. The van der Waals surface area contributed by atoms with E-state index in [2.05, 4.69) is 5.32 Å². The molecular weight excluding hydrogens is 212 g/mol. The summed E-state index contributed by atoms with van der Waals surface area (Å²) in [6.45, 7) is 0.631. The zero-order chi connectivity index (χ0) is 11.2. The summed E-state index contributed by atoms with van der Waals surface area (Å²) in [5.74, 6) is -0.249. The van der Waals surface area contributed by atoms with Crippen LogP contribution in [0.15, 0.2) is 18.2 Å². The molecule has 1 N–H and O–H groups in total. The Bertz CT molecular complexity index is 423. The average molecular weight is 225 g/mol. The molecule has 2 unspecified atom stereocenters. The fraction of sp³-hybridized carbons (Fsp3) is 0.500. The van der Waals surface area contributed by atoms with Crippen LogP contribution in [0.1, 0.15) is 12.0 Å². The maximum atomic E-state index is 13.9. The van der Waals surface area contributed by atoms with Crippen molar-refractivity contribution >= 4 is 5.69 Å². The fourth-order valence-electron chi connectivity index (χ4n) is 2.58. The van der Waals surface area contributed by atoms with Gasteiger partial charge >= 0.3 is 0 Å². The molecule has 1 aromatic carbocycles. The lowest BCUT2D eigenvalue weighted by Crippen LogP contribution is -2.52. The molecule has 0 aromatic heterocycles. The summed E-state index contributed by atoms with van der Waals surface area (Å²) >= 11 is 0. The zero-order valence-electron chi connectivity index (χ0n) is 8.80. The Morgan fingerprint density at radius 3 is 3.06 bits per heavy atom. The van der Waals surface area contributed by atoms with Gasteiger partial charge in [0, 0.05) is 24.3 Å². The highest BCUT2D eigenvalue weighted by molar-refractivity contribution is 5.60. The third kappa shape index (κ3) is 1.33. The molecule has 0 aliphatic carbocycles. The number of benzene rings is 1. The summed E-state index contributed by atoms with van der Waals surface area (Å²) in [7, 11) is 0. The van der Waals surface area contributed by atoms with Gasteiger partial charge in [-0.15, -0.1) is 0 Å². The first kappa shape index (κ1) is 10.0. The first-order valence-electron chi connectivity index (χ1n) is 5.49. The predicted molar refractivity (Wildman–Crippen MR) is 56.8 cm³/mol. The Hall–Kier alpha value is -1.16. The molecule has 0 bridgehead atoms. The van der Waals surface area contributed by atoms with Gasteiger partial charge in [0.15, 0.2) is 0 Å². The highest BCUT2D eigenvalue weighted by atomic mass is 19.1. The van der Waals surface area contributed by atoms with Gasteiger partial charge in [-0.1, -0.05) is 6.07 Å². The highest BCUT2D eigenvalue weighted by Gasteiger charge is 2.46. The van der Waals surface area contributed by atoms with Crippen LogP contribution in [-0.4, -0.2) is 24.9 Å². The number of hydrogen-bond acceptors (Lipinski definition) is 2. The summed E-state index contributed by atoms with van der Waals surface area (Å²) in [4.78, 5) is 0. The Balaban J connectivity index is 1.97. The van der Waals surface area contributed by atoms with E-state index >= 15 is 0 Å². The second-order valence-corrected chi connectivity index (χ2v) is 4.52. The van der Waals surface area contributed by atoms with Gasteiger partial charge in [-0.25, -0.2) is 8.78 Å². The van der Waals surface area contributed by atoms with Crippen molar-refractivity contribution in [2.45, 2.75) is 24.6 Å². The molecule has 1 saturated heterocycles. The van der Waals surface area contributed by atoms with E-state index in [1.54, 1.807) is 12.1 Å². The molecule has 2 nitrogen and oxygen atoms in total. The number of rotatable bonds is 0. The molecule has 0 amide bonds. The maximum absolute atomic E-state index is 13.9. The average Bonchev–Trinajstić information content (AvgIpc) is 2.64. The smallest absolute Gasteiger partial charge is 0.147 e. The zero-order valence-corrected chi connectivity index (χ0v) is 8.80. The minimum atomic E-state index is -1.08. The predicted octanol–water partition coefficient (Wildman–Crippen LogP) is 2.29. The molecular formula is C12H13F2NO. The van der Waals surface area contributed by atoms with Gasteiger partial charge < -0.3 is 10.1 Å². The first-order valence-corrected chi connectivity index (χ1v) is 5.49. The molecule has 1 aromatic rings. The molecule has 86 valence electrons. The monoisotopic (exact) mass is 225 g/mol. The van der Waals surface area contributed by atoms with E-state index in [0.29, 0.717) is 25.0 Å². The van der Waals surface area contributed by atoms with Crippen molar-refractivity contribution in [3.05, 3.63) is 29.6 Å². The van der Waals surface area contributed by atoms with Gasteiger partial charge in [0.2, 0.25) is 0 Å². The second kappa shape index (κ2) is 3.42. The summed E-state index contributed by atoms with van der Waals surface area (Å²) < 4.78 is 32.6. The molecule has 1 spiro atoms.